The van der Waals surface area contributed by atoms with Crippen molar-refractivity contribution in [1.29, 1.82) is 0 Å². The standard InChI is InChI=1S/C16H15NO4/c1-10-4-5-13(9-17-10)16(19)21-14-7-6-12(11(2)18)8-15(14)20-3/h4-9H,1-3H3. The van der Waals surface area contributed by atoms with Crippen molar-refractivity contribution in [3.63, 3.8) is 0 Å². The molecule has 21 heavy (non-hydrogen) atoms. The van der Waals surface area contributed by atoms with E-state index in [2.05, 4.69) is 4.98 Å². The van der Waals surface area contributed by atoms with E-state index in [-0.39, 0.29) is 11.5 Å². The van der Waals surface area contributed by atoms with E-state index in [0.717, 1.165) is 5.69 Å². The lowest BCUT2D eigenvalue weighted by atomic mass is 10.1. The van der Waals surface area contributed by atoms with Gasteiger partial charge in [0, 0.05) is 17.5 Å². The summed E-state index contributed by atoms with van der Waals surface area (Å²) in [6.07, 6.45) is 1.45. The lowest BCUT2D eigenvalue weighted by molar-refractivity contribution is 0.0729. The van der Waals surface area contributed by atoms with Gasteiger partial charge in [-0.3, -0.25) is 9.78 Å². The predicted molar refractivity (Wildman–Crippen MR) is 76.9 cm³/mol. The Kier molecular flexibility index (Phi) is 4.33. The SMILES string of the molecule is COc1cc(C(C)=O)ccc1OC(=O)c1ccc(C)nc1. The molecule has 0 radical (unpaired) electrons. The maximum absolute atomic E-state index is 12.0. The molecule has 0 aliphatic carbocycles. The molecule has 5 nitrogen and oxygen atoms in total. The molecule has 2 aromatic rings. The van der Waals surface area contributed by atoms with Gasteiger partial charge in [0.25, 0.3) is 0 Å². The molecule has 1 heterocycles. The fourth-order valence-electron chi connectivity index (χ4n) is 1.72. The third-order valence-corrected chi connectivity index (χ3v) is 2.92. The van der Waals surface area contributed by atoms with Crippen molar-refractivity contribution in [3.05, 3.63) is 53.3 Å². The molecule has 0 saturated heterocycles. The predicted octanol–water partition coefficient (Wildman–Crippen LogP) is 2.82. The highest BCUT2D eigenvalue weighted by atomic mass is 16.6. The fourth-order valence-corrected chi connectivity index (χ4v) is 1.72. The maximum Gasteiger partial charge on any atom is 0.345 e. The number of aromatic nitrogens is 1. The van der Waals surface area contributed by atoms with Crippen LogP contribution in [0, 0.1) is 6.92 Å². The number of ether oxygens (including phenoxy) is 2. The number of pyridine rings is 1. The Morgan fingerprint density at radius 2 is 1.76 bits per heavy atom. The van der Waals surface area contributed by atoms with E-state index in [0.29, 0.717) is 16.9 Å². The summed E-state index contributed by atoms with van der Waals surface area (Å²) in [6, 6.07) is 8.03. The fraction of sp³-hybridized carbons (Fsp3) is 0.188. The Hall–Kier alpha value is -2.69. The summed E-state index contributed by atoms with van der Waals surface area (Å²) in [5, 5.41) is 0. The molecule has 0 N–H and O–H groups in total. The Balaban J connectivity index is 2.24. The van der Waals surface area contributed by atoms with Gasteiger partial charge in [0.2, 0.25) is 0 Å². The Morgan fingerprint density at radius 1 is 1.05 bits per heavy atom. The number of Topliss-reactive ketones (excluding diaryl/α,β-unsaturated/α-hetero) is 1. The van der Waals surface area contributed by atoms with Gasteiger partial charge < -0.3 is 9.47 Å². The van der Waals surface area contributed by atoms with Crippen molar-refractivity contribution in [2.45, 2.75) is 13.8 Å². The largest absolute Gasteiger partial charge is 0.493 e. The minimum atomic E-state index is -0.531. The van der Waals surface area contributed by atoms with Crippen molar-refractivity contribution in [1.82, 2.24) is 4.98 Å². The van der Waals surface area contributed by atoms with Crippen molar-refractivity contribution >= 4 is 11.8 Å². The number of methoxy groups -OCH3 is 1. The van der Waals surface area contributed by atoms with E-state index in [1.807, 2.05) is 6.92 Å². The van der Waals surface area contributed by atoms with Crippen LogP contribution in [0.3, 0.4) is 0 Å². The second-order valence-corrected chi connectivity index (χ2v) is 4.50. The zero-order chi connectivity index (χ0) is 15.4. The van der Waals surface area contributed by atoms with Crippen LogP contribution in [-0.2, 0) is 0 Å². The highest BCUT2D eigenvalue weighted by Crippen LogP contribution is 2.29. The summed E-state index contributed by atoms with van der Waals surface area (Å²) in [7, 11) is 1.45. The zero-order valence-electron chi connectivity index (χ0n) is 12.0. The van der Waals surface area contributed by atoms with Crippen molar-refractivity contribution in [2.24, 2.45) is 0 Å². The molecular formula is C16H15NO4. The maximum atomic E-state index is 12.0. The molecule has 1 aromatic heterocycles. The number of nitrogens with zero attached hydrogens (tertiary/aromatic N) is 1. The molecule has 0 saturated carbocycles. The molecular weight excluding hydrogens is 270 g/mol. The number of hydrogen-bond acceptors (Lipinski definition) is 5. The second-order valence-electron chi connectivity index (χ2n) is 4.50. The molecule has 0 amide bonds. The first kappa shape index (κ1) is 14.7. The molecule has 5 heteroatoms. The number of esters is 1. The lowest BCUT2D eigenvalue weighted by Crippen LogP contribution is -2.10. The normalized spacial score (nSPS) is 10.0. The summed E-state index contributed by atoms with van der Waals surface area (Å²) in [4.78, 5) is 27.4. The third-order valence-electron chi connectivity index (χ3n) is 2.92. The molecule has 0 bridgehead atoms. The van der Waals surface area contributed by atoms with Gasteiger partial charge in [-0.05, 0) is 44.2 Å². The van der Waals surface area contributed by atoms with Crippen LogP contribution >= 0.6 is 0 Å². The van der Waals surface area contributed by atoms with Gasteiger partial charge >= 0.3 is 5.97 Å². The van der Waals surface area contributed by atoms with Gasteiger partial charge in [0.1, 0.15) is 0 Å². The van der Waals surface area contributed by atoms with Crippen molar-refractivity contribution in [2.75, 3.05) is 7.11 Å². The molecule has 108 valence electrons. The van der Waals surface area contributed by atoms with Gasteiger partial charge in [0.15, 0.2) is 17.3 Å². The topological polar surface area (TPSA) is 65.5 Å². The quantitative estimate of drug-likeness (QED) is 0.491. The lowest BCUT2D eigenvalue weighted by Gasteiger charge is -2.10. The van der Waals surface area contributed by atoms with Crippen LogP contribution in [0.2, 0.25) is 0 Å². The number of hydrogen-bond donors (Lipinski definition) is 0. The molecule has 0 aliphatic rings. The van der Waals surface area contributed by atoms with Crippen molar-refractivity contribution in [3.8, 4) is 11.5 Å². The third kappa shape index (κ3) is 3.45. The average Bonchev–Trinajstić information content (AvgIpc) is 2.48. The monoisotopic (exact) mass is 285 g/mol. The number of carbonyl (C=O) groups is 2. The number of rotatable bonds is 4. The van der Waals surface area contributed by atoms with Crippen LogP contribution in [0.15, 0.2) is 36.5 Å². The van der Waals surface area contributed by atoms with E-state index < -0.39 is 5.97 Å². The van der Waals surface area contributed by atoms with E-state index in [9.17, 15) is 9.59 Å². The van der Waals surface area contributed by atoms with E-state index in [1.54, 1.807) is 24.3 Å². The molecule has 0 spiro atoms. The Morgan fingerprint density at radius 3 is 2.33 bits per heavy atom. The van der Waals surface area contributed by atoms with Gasteiger partial charge in [-0.1, -0.05) is 0 Å². The first-order valence-corrected chi connectivity index (χ1v) is 6.35. The van der Waals surface area contributed by atoms with Gasteiger partial charge in [0.05, 0.1) is 12.7 Å². The highest BCUT2D eigenvalue weighted by Gasteiger charge is 2.14. The summed E-state index contributed by atoms with van der Waals surface area (Å²) >= 11 is 0. The first-order chi connectivity index (χ1) is 10.0. The van der Waals surface area contributed by atoms with Crippen LogP contribution in [-0.4, -0.2) is 23.8 Å². The summed E-state index contributed by atoms with van der Waals surface area (Å²) in [5.41, 5.74) is 1.65. The summed E-state index contributed by atoms with van der Waals surface area (Å²) in [5.74, 6) is -0.0329. The van der Waals surface area contributed by atoms with Crippen molar-refractivity contribution < 1.29 is 19.1 Å². The highest BCUT2D eigenvalue weighted by molar-refractivity contribution is 5.95. The first-order valence-electron chi connectivity index (χ1n) is 6.35. The molecule has 2 rings (SSSR count). The zero-order valence-corrected chi connectivity index (χ0v) is 12.0. The minimum absolute atomic E-state index is 0.0890. The summed E-state index contributed by atoms with van der Waals surface area (Å²) in [6.45, 7) is 3.29. The molecule has 0 fully saturated rings. The smallest absolute Gasteiger partial charge is 0.345 e. The number of benzene rings is 1. The number of aryl methyl sites for hydroxylation is 1. The van der Waals surface area contributed by atoms with Crippen LogP contribution in [0.25, 0.3) is 0 Å². The van der Waals surface area contributed by atoms with Crippen LogP contribution in [0.4, 0.5) is 0 Å². The average molecular weight is 285 g/mol. The second kappa shape index (κ2) is 6.17. The van der Waals surface area contributed by atoms with Gasteiger partial charge in [-0.2, -0.15) is 0 Å². The minimum Gasteiger partial charge on any atom is -0.493 e. The Bertz CT molecular complexity index is 677. The molecule has 0 unspecified atom stereocenters. The van der Waals surface area contributed by atoms with E-state index in [1.165, 1.54) is 26.3 Å². The summed E-state index contributed by atoms with van der Waals surface area (Å²) < 4.78 is 10.4. The number of ketones is 1. The van der Waals surface area contributed by atoms with Crippen LogP contribution < -0.4 is 9.47 Å². The Labute approximate surface area is 122 Å². The number of carbonyl (C=O) groups excluding carboxylic acids is 2. The molecule has 0 atom stereocenters. The van der Waals surface area contributed by atoms with Gasteiger partial charge in [-0.15, -0.1) is 0 Å². The van der Waals surface area contributed by atoms with E-state index in [4.69, 9.17) is 9.47 Å². The van der Waals surface area contributed by atoms with Crippen LogP contribution in [0.1, 0.15) is 33.3 Å². The van der Waals surface area contributed by atoms with Gasteiger partial charge in [-0.25, -0.2) is 4.79 Å². The van der Waals surface area contributed by atoms with E-state index >= 15 is 0 Å². The molecule has 1 aromatic carbocycles. The molecule has 0 aliphatic heterocycles. The van der Waals surface area contributed by atoms with Crippen LogP contribution in [0.5, 0.6) is 11.5 Å².